The van der Waals surface area contributed by atoms with Crippen molar-refractivity contribution in [2.45, 2.75) is 31.3 Å². The van der Waals surface area contributed by atoms with Crippen molar-refractivity contribution in [1.82, 2.24) is 10.2 Å². The molecule has 0 aliphatic carbocycles. The molecule has 2 heterocycles. The summed E-state index contributed by atoms with van der Waals surface area (Å²) in [6.45, 7) is 3.41. The highest BCUT2D eigenvalue weighted by Gasteiger charge is 2.34. The number of carbonyl (C=O) groups excluding carboxylic acids is 1. The molecule has 1 amide bonds. The highest BCUT2D eigenvalue weighted by atomic mass is 16.5. The average Bonchev–Trinajstić information content (AvgIpc) is 3.22. The fourth-order valence-corrected chi connectivity index (χ4v) is 4.20. The molecule has 0 aromatic heterocycles. The van der Waals surface area contributed by atoms with E-state index in [1.807, 2.05) is 42.5 Å². The van der Waals surface area contributed by atoms with Crippen LogP contribution in [0.1, 0.15) is 35.2 Å². The van der Waals surface area contributed by atoms with E-state index in [4.69, 9.17) is 4.74 Å². The van der Waals surface area contributed by atoms with Crippen molar-refractivity contribution in [1.29, 1.82) is 5.26 Å². The summed E-state index contributed by atoms with van der Waals surface area (Å²) in [5, 5.41) is 12.5. The van der Waals surface area contributed by atoms with E-state index < -0.39 is 0 Å². The van der Waals surface area contributed by atoms with Gasteiger partial charge >= 0.3 is 0 Å². The number of hydrogen-bond acceptors (Lipinski definition) is 4. The number of nitrogens with one attached hydrogen (secondary N) is 1. The molecule has 2 aromatic carbocycles. The van der Waals surface area contributed by atoms with Gasteiger partial charge in [-0.15, -0.1) is 0 Å². The minimum Gasteiger partial charge on any atom is -0.378 e. The standard InChI is InChI=1S/C23H25N3O2/c24-14-19-7-2-3-10-20(19)17-8-6-9-18(13-17)23(27)25-21-15-28-16-22(21)26-11-4-1-5-12-26/h2-3,6-10,13,21-22H,1,4-5,11-12,15-16H2,(H,25,27)/t21-,22-/m0/s1. The molecule has 5 nitrogen and oxygen atoms in total. The molecule has 0 unspecified atom stereocenters. The molecule has 2 saturated heterocycles. The molecule has 1 N–H and O–H groups in total. The Morgan fingerprint density at radius 2 is 1.89 bits per heavy atom. The van der Waals surface area contributed by atoms with Gasteiger partial charge in [0, 0.05) is 5.56 Å². The first kappa shape index (κ1) is 18.7. The lowest BCUT2D eigenvalue weighted by atomic mass is 9.98. The van der Waals surface area contributed by atoms with Crippen molar-refractivity contribution in [2.75, 3.05) is 26.3 Å². The first-order chi connectivity index (χ1) is 13.8. The zero-order chi connectivity index (χ0) is 19.3. The number of hydrogen-bond donors (Lipinski definition) is 1. The number of rotatable bonds is 4. The van der Waals surface area contributed by atoms with E-state index in [2.05, 4.69) is 16.3 Å². The van der Waals surface area contributed by atoms with Gasteiger partial charge in [0.15, 0.2) is 0 Å². The predicted octanol–water partition coefficient (Wildman–Crippen LogP) is 3.21. The summed E-state index contributed by atoms with van der Waals surface area (Å²) in [5.74, 6) is -0.0891. The lowest BCUT2D eigenvalue weighted by Crippen LogP contribution is -2.52. The number of benzene rings is 2. The van der Waals surface area contributed by atoms with Crippen LogP contribution in [-0.4, -0.2) is 49.2 Å². The highest BCUT2D eigenvalue weighted by molar-refractivity contribution is 5.96. The van der Waals surface area contributed by atoms with Crippen LogP contribution in [-0.2, 0) is 4.74 Å². The minimum atomic E-state index is -0.0891. The normalized spacial score (nSPS) is 22.5. The Morgan fingerprint density at radius 3 is 2.71 bits per heavy atom. The maximum atomic E-state index is 12.9. The smallest absolute Gasteiger partial charge is 0.251 e. The Balaban J connectivity index is 1.50. The lowest BCUT2D eigenvalue weighted by Gasteiger charge is -2.34. The summed E-state index contributed by atoms with van der Waals surface area (Å²) in [5.41, 5.74) is 2.93. The van der Waals surface area contributed by atoms with Gasteiger partial charge in [0.25, 0.3) is 5.91 Å². The first-order valence-electron chi connectivity index (χ1n) is 9.98. The van der Waals surface area contributed by atoms with Gasteiger partial charge in [-0.1, -0.05) is 36.8 Å². The van der Waals surface area contributed by atoms with Crippen LogP contribution in [0.25, 0.3) is 11.1 Å². The Hall–Kier alpha value is -2.68. The number of likely N-dealkylation sites (tertiary alicyclic amines) is 1. The molecule has 2 aromatic rings. The van der Waals surface area contributed by atoms with Crippen LogP contribution in [0.5, 0.6) is 0 Å². The van der Waals surface area contributed by atoms with Crippen molar-refractivity contribution in [3.63, 3.8) is 0 Å². The third-order valence-corrected chi connectivity index (χ3v) is 5.71. The van der Waals surface area contributed by atoms with Gasteiger partial charge in [-0.05, 0) is 55.3 Å². The summed E-state index contributed by atoms with van der Waals surface area (Å²) < 4.78 is 5.69. The van der Waals surface area contributed by atoms with Gasteiger partial charge in [-0.2, -0.15) is 5.26 Å². The minimum absolute atomic E-state index is 0.0145. The number of amides is 1. The predicted molar refractivity (Wildman–Crippen MR) is 108 cm³/mol. The SMILES string of the molecule is N#Cc1ccccc1-c1cccc(C(=O)N[C@H]2COC[C@@H]2N2CCCCC2)c1. The van der Waals surface area contributed by atoms with Gasteiger partial charge in [0.05, 0.1) is 36.9 Å². The largest absolute Gasteiger partial charge is 0.378 e. The summed E-state index contributed by atoms with van der Waals surface area (Å²) in [4.78, 5) is 15.4. The second-order valence-corrected chi connectivity index (χ2v) is 7.52. The fourth-order valence-electron chi connectivity index (χ4n) is 4.20. The molecule has 0 spiro atoms. The zero-order valence-corrected chi connectivity index (χ0v) is 15.9. The molecule has 0 saturated carbocycles. The van der Waals surface area contributed by atoms with E-state index in [0.29, 0.717) is 24.3 Å². The lowest BCUT2D eigenvalue weighted by molar-refractivity contribution is 0.0900. The monoisotopic (exact) mass is 375 g/mol. The molecule has 2 fully saturated rings. The maximum Gasteiger partial charge on any atom is 0.251 e. The van der Waals surface area contributed by atoms with Crippen LogP contribution in [0.3, 0.4) is 0 Å². The number of ether oxygens (including phenoxy) is 1. The van der Waals surface area contributed by atoms with Gasteiger partial charge in [0.2, 0.25) is 0 Å². The summed E-state index contributed by atoms with van der Waals surface area (Å²) in [6, 6.07) is 17.4. The van der Waals surface area contributed by atoms with E-state index in [9.17, 15) is 10.1 Å². The highest BCUT2D eigenvalue weighted by Crippen LogP contribution is 2.24. The number of nitriles is 1. The second-order valence-electron chi connectivity index (χ2n) is 7.52. The molecule has 0 radical (unpaired) electrons. The Bertz CT molecular complexity index is 883. The van der Waals surface area contributed by atoms with Crippen molar-refractivity contribution < 1.29 is 9.53 Å². The molecular formula is C23H25N3O2. The topological polar surface area (TPSA) is 65.4 Å². The Morgan fingerprint density at radius 1 is 1.07 bits per heavy atom. The molecule has 5 heteroatoms. The third-order valence-electron chi connectivity index (χ3n) is 5.71. The van der Waals surface area contributed by atoms with Crippen LogP contribution in [0.15, 0.2) is 48.5 Å². The van der Waals surface area contributed by atoms with Crippen LogP contribution in [0.2, 0.25) is 0 Å². The van der Waals surface area contributed by atoms with Crippen molar-refractivity contribution in [3.8, 4) is 17.2 Å². The first-order valence-corrected chi connectivity index (χ1v) is 9.98. The molecule has 2 aliphatic heterocycles. The van der Waals surface area contributed by atoms with E-state index in [0.717, 1.165) is 24.2 Å². The average molecular weight is 375 g/mol. The molecule has 144 valence electrons. The number of piperidine rings is 1. The molecular weight excluding hydrogens is 350 g/mol. The van der Waals surface area contributed by atoms with Gasteiger partial charge in [0.1, 0.15) is 0 Å². The van der Waals surface area contributed by atoms with Gasteiger partial charge in [-0.25, -0.2) is 0 Å². The van der Waals surface area contributed by atoms with E-state index in [1.165, 1.54) is 19.3 Å². The zero-order valence-electron chi connectivity index (χ0n) is 15.9. The van der Waals surface area contributed by atoms with Gasteiger partial charge < -0.3 is 10.1 Å². The fraction of sp³-hybridized carbons (Fsp3) is 0.391. The van der Waals surface area contributed by atoms with Crippen LogP contribution >= 0.6 is 0 Å². The van der Waals surface area contributed by atoms with Crippen molar-refractivity contribution in [2.24, 2.45) is 0 Å². The Labute approximate surface area is 165 Å². The number of carbonyl (C=O) groups is 1. The quantitative estimate of drug-likeness (QED) is 0.891. The number of nitrogens with zero attached hydrogens (tertiary/aromatic N) is 2. The summed E-state index contributed by atoms with van der Waals surface area (Å²) in [6.07, 6.45) is 3.73. The van der Waals surface area contributed by atoms with Crippen LogP contribution < -0.4 is 5.32 Å². The molecule has 28 heavy (non-hydrogen) atoms. The van der Waals surface area contributed by atoms with Crippen molar-refractivity contribution >= 4 is 5.91 Å². The second kappa shape index (κ2) is 8.55. The maximum absolute atomic E-state index is 12.9. The summed E-state index contributed by atoms with van der Waals surface area (Å²) >= 11 is 0. The third kappa shape index (κ3) is 3.94. The molecule has 0 bridgehead atoms. The van der Waals surface area contributed by atoms with E-state index in [-0.39, 0.29) is 18.0 Å². The Kier molecular flexibility index (Phi) is 5.70. The van der Waals surface area contributed by atoms with E-state index >= 15 is 0 Å². The molecule has 2 atom stereocenters. The van der Waals surface area contributed by atoms with E-state index in [1.54, 1.807) is 6.07 Å². The van der Waals surface area contributed by atoms with Crippen molar-refractivity contribution in [3.05, 3.63) is 59.7 Å². The summed E-state index contributed by atoms with van der Waals surface area (Å²) in [7, 11) is 0. The molecule has 4 rings (SSSR count). The van der Waals surface area contributed by atoms with Gasteiger partial charge in [-0.3, -0.25) is 9.69 Å². The molecule has 2 aliphatic rings. The van der Waals surface area contributed by atoms with Crippen LogP contribution in [0, 0.1) is 11.3 Å². The van der Waals surface area contributed by atoms with Crippen LogP contribution in [0.4, 0.5) is 0 Å².